The quantitative estimate of drug-likeness (QED) is 0.176. The molecule has 0 amide bonds. The fraction of sp³-hybridized carbons (Fsp3) is 0.143. The lowest BCUT2D eigenvalue weighted by Gasteiger charge is -2.22. The van der Waals surface area contributed by atoms with Crippen LogP contribution in [0.15, 0.2) is 168 Å². The van der Waals surface area contributed by atoms with Crippen LogP contribution in [0.25, 0.3) is 77.6 Å². The summed E-state index contributed by atoms with van der Waals surface area (Å²) in [6.07, 6.45) is 0.967. The normalized spacial score (nSPS) is 16.2. The largest absolute Gasteiger partial charge is 0.455 e. The van der Waals surface area contributed by atoms with Crippen LogP contribution in [-0.2, 0) is 17.3 Å². The van der Waals surface area contributed by atoms with Crippen molar-refractivity contribution in [2.45, 2.75) is 50.9 Å². The van der Waals surface area contributed by atoms with Gasteiger partial charge in [0.25, 0.3) is 0 Å². The molecule has 3 aliphatic carbocycles. The van der Waals surface area contributed by atoms with E-state index in [1.807, 2.05) is 0 Å². The summed E-state index contributed by atoms with van der Waals surface area (Å²) >= 11 is 0. The molecule has 0 N–H and O–H groups in total. The zero-order valence-electron chi connectivity index (χ0n) is 32.8. The van der Waals surface area contributed by atoms with E-state index in [-0.39, 0.29) is 16.7 Å². The van der Waals surface area contributed by atoms with E-state index in [1.165, 1.54) is 105 Å². The van der Waals surface area contributed by atoms with Gasteiger partial charge in [0.1, 0.15) is 11.2 Å². The highest BCUT2D eigenvalue weighted by molar-refractivity contribution is 6.12. The van der Waals surface area contributed by atoms with E-state index in [1.54, 1.807) is 0 Å². The number of furan rings is 1. The van der Waals surface area contributed by atoms with Crippen molar-refractivity contribution in [3.8, 4) is 55.6 Å². The molecule has 0 radical (unpaired) electrons. The molecule has 0 bridgehead atoms. The second-order valence-corrected chi connectivity index (χ2v) is 17.6. The number of para-hydroxylation sites is 1. The van der Waals surface area contributed by atoms with Crippen LogP contribution in [0.3, 0.4) is 0 Å². The molecule has 57 heavy (non-hydrogen) atoms. The number of hydrogen-bond donors (Lipinski definition) is 0. The molecule has 0 aliphatic heterocycles. The van der Waals surface area contributed by atoms with Crippen molar-refractivity contribution in [3.05, 3.63) is 203 Å². The monoisotopic (exact) mass is 730 g/mol. The third-order valence-electron chi connectivity index (χ3n) is 13.9. The summed E-state index contributed by atoms with van der Waals surface area (Å²) < 4.78 is 6.58. The smallest absolute Gasteiger partial charge is 0.143 e. The van der Waals surface area contributed by atoms with Crippen LogP contribution in [-0.4, -0.2) is 0 Å². The van der Waals surface area contributed by atoms with Crippen LogP contribution in [0.5, 0.6) is 0 Å². The minimum Gasteiger partial charge on any atom is -0.455 e. The molecular formula is C56H42O. The first-order valence-corrected chi connectivity index (χ1v) is 20.4. The third-order valence-corrected chi connectivity index (χ3v) is 13.9. The van der Waals surface area contributed by atoms with Crippen molar-refractivity contribution in [1.29, 1.82) is 0 Å². The Morgan fingerprint density at radius 3 is 1.86 bits per heavy atom. The molecule has 1 heterocycles. The topological polar surface area (TPSA) is 13.1 Å². The van der Waals surface area contributed by atoms with Gasteiger partial charge >= 0.3 is 0 Å². The lowest BCUT2D eigenvalue weighted by atomic mass is 9.81. The average molecular weight is 731 g/mol. The molecular weight excluding hydrogens is 689 g/mol. The Morgan fingerprint density at radius 1 is 0.421 bits per heavy atom. The van der Waals surface area contributed by atoms with Crippen LogP contribution >= 0.6 is 0 Å². The summed E-state index contributed by atoms with van der Waals surface area (Å²) in [6, 6.07) is 61.6. The minimum absolute atomic E-state index is 0.0301. The highest BCUT2D eigenvalue weighted by atomic mass is 16.3. The first-order valence-electron chi connectivity index (χ1n) is 20.4. The summed E-state index contributed by atoms with van der Waals surface area (Å²) in [6.45, 7) is 9.46. The van der Waals surface area contributed by atoms with Gasteiger partial charge in [-0.3, -0.25) is 0 Å². The van der Waals surface area contributed by atoms with Gasteiger partial charge in [0.05, 0.1) is 0 Å². The van der Waals surface area contributed by atoms with E-state index in [0.717, 1.165) is 17.6 Å². The van der Waals surface area contributed by atoms with Gasteiger partial charge in [-0.1, -0.05) is 161 Å². The van der Waals surface area contributed by atoms with Crippen LogP contribution in [0, 0.1) is 0 Å². The Morgan fingerprint density at radius 2 is 1.04 bits per heavy atom. The van der Waals surface area contributed by atoms with Gasteiger partial charge in [-0.25, -0.2) is 0 Å². The van der Waals surface area contributed by atoms with Crippen LogP contribution < -0.4 is 0 Å². The summed E-state index contributed by atoms with van der Waals surface area (Å²) in [5.41, 5.74) is 24.5. The van der Waals surface area contributed by atoms with E-state index < -0.39 is 0 Å². The summed E-state index contributed by atoms with van der Waals surface area (Å²) in [4.78, 5) is 0. The first kappa shape index (κ1) is 32.8. The Hall–Kier alpha value is -6.44. The first-order chi connectivity index (χ1) is 27.8. The molecule has 0 saturated carbocycles. The van der Waals surface area contributed by atoms with Gasteiger partial charge in [0, 0.05) is 33.1 Å². The van der Waals surface area contributed by atoms with Crippen LogP contribution in [0.1, 0.15) is 72.6 Å². The Labute approximate surface area is 334 Å². The predicted molar refractivity (Wildman–Crippen MR) is 237 cm³/mol. The molecule has 0 fully saturated rings. The molecule has 8 aromatic carbocycles. The molecule has 12 rings (SSSR count). The predicted octanol–water partition coefficient (Wildman–Crippen LogP) is 14.9. The standard InChI is InChI=1S/C56H42O/c1-55(2)48-16-10-8-14-40(48)41-24-20-36(31-50(41)55)34-18-22-38-45(28-33-12-6-5-7-13-33)47-30-35(19-23-39(47)46(38)29-34)37-21-25-44-51(32-37)56(3,4)49-27-26-43-42-15-9-11-17-52(42)57-54(43)53(44)49/h5-27,29-32,45H,28H2,1-4H3. The molecule has 1 aromatic heterocycles. The van der Waals surface area contributed by atoms with Crippen molar-refractivity contribution < 1.29 is 4.42 Å². The van der Waals surface area contributed by atoms with E-state index in [4.69, 9.17) is 4.42 Å². The summed E-state index contributed by atoms with van der Waals surface area (Å²) in [7, 11) is 0. The zero-order chi connectivity index (χ0) is 38.2. The maximum Gasteiger partial charge on any atom is 0.143 e. The SMILES string of the molecule is CC1(C)c2ccccc2-c2ccc(-c3ccc4c(c3)-c3ccc(-c5ccc6c(c5)C(C)(C)c5ccc7c(oc8ccccc87)c5-6)cc3C4Cc3ccccc3)cc21. The minimum atomic E-state index is -0.150. The van der Waals surface area contributed by atoms with E-state index >= 15 is 0 Å². The van der Waals surface area contributed by atoms with E-state index in [9.17, 15) is 0 Å². The lowest BCUT2D eigenvalue weighted by molar-refractivity contribution is 0.653. The van der Waals surface area contributed by atoms with Crippen molar-refractivity contribution in [2.24, 2.45) is 0 Å². The number of hydrogen-bond acceptors (Lipinski definition) is 1. The van der Waals surface area contributed by atoms with Gasteiger partial charge in [0.15, 0.2) is 0 Å². The Balaban J connectivity index is 0.964. The molecule has 1 unspecified atom stereocenters. The van der Waals surface area contributed by atoms with Gasteiger partial charge in [0.2, 0.25) is 0 Å². The highest BCUT2D eigenvalue weighted by Crippen LogP contribution is 2.55. The fourth-order valence-corrected chi connectivity index (χ4v) is 10.9. The zero-order valence-corrected chi connectivity index (χ0v) is 32.8. The molecule has 1 heteroatoms. The molecule has 3 aliphatic rings. The summed E-state index contributed by atoms with van der Waals surface area (Å²) in [5, 5.41) is 2.37. The molecule has 9 aromatic rings. The highest BCUT2D eigenvalue weighted by Gasteiger charge is 2.39. The van der Waals surface area contributed by atoms with Crippen molar-refractivity contribution in [1.82, 2.24) is 0 Å². The molecule has 1 atom stereocenters. The molecule has 272 valence electrons. The van der Waals surface area contributed by atoms with Crippen molar-refractivity contribution >= 4 is 21.9 Å². The Bertz CT molecular complexity index is 3150. The maximum atomic E-state index is 6.58. The van der Waals surface area contributed by atoms with Crippen molar-refractivity contribution in [3.63, 3.8) is 0 Å². The second-order valence-electron chi connectivity index (χ2n) is 17.6. The van der Waals surface area contributed by atoms with E-state index in [0.29, 0.717) is 0 Å². The number of fused-ring (bicyclic) bond motifs is 13. The lowest BCUT2D eigenvalue weighted by Crippen LogP contribution is -2.14. The maximum absolute atomic E-state index is 6.58. The van der Waals surface area contributed by atoms with Gasteiger partial charge in [-0.05, 0) is 126 Å². The van der Waals surface area contributed by atoms with Crippen molar-refractivity contribution in [2.75, 3.05) is 0 Å². The van der Waals surface area contributed by atoms with Gasteiger partial charge in [-0.15, -0.1) is 0 Å². The Kier molecular flexibility index (Phi) is 6.64. The third kappa shape index (κ3) is 4.57. The molecule has 0 saturated heterocycles. The van der Waals surface area contributed by atoms with Crippen LogP contribution in [0.4, 0.5) is 0 Å². The van der Waals surface area contributed by atoms with Gasteiger partial charge < -0.3 is 4.42 Å². The van der Waals surface area contributed by atoms with Gasteiger partial charge in [-0.2, -0.15) is 0 Å². The van der Waals surface area contributed by atoms with Crippen LogP contribution in [0.2, 0.25) is 0 Å². The number of benzene rings is 8. The summed E-state index contributed by atoms with van der Waals surface area (Å²) in [5.74, 6) is 0.274. The molecule has 1 nitrogen and oxygen atoms in total. The second kappa shape index (κ2) is 11.6. The van der Waals surface area contributed by atoms with E-state index in [2.05, 4.69) is 191 Å². The number of rotatable bonds is 4. The average Bonchev–Trinajstić information content (AvgIpc) is 3.91. The fourth-order valence-electron chi connectivity index (χ4n) is 10.9. The molecule has 0 spiro atoms.